The van der Waals surface area contributed by atoms with Crippen molar-refractivity contribution in [2.24, 2.45) is 0 Å². The molecule has 0 heterocycles. The number of aromatic carboxylic acids is 1. The molecule has 0 saturated carbocycles. The zero-order valence-corrected chi connectivity index (χ0v) is 11.0. The second-order valence-corrected chi connectivity index (χ2v) is 4.58. The molecule has 2 aromatic rings. The minimum Gasteiger partial charge on any atom is -0.508 e. The highest BCUT2D eigenvalue weighted by atomic mass is 35.5. The molecule has 0 radical (unpaired) electrons. The van der Waals surface area contributed by atoms with E-state index in [0.29, 0.717) is 11.3 Å². The first kappa shape index (κ1) is 14.1. The van der Waals surface area contributed by atoms with Crippen molar-refractivity contribution in [3.8, 4) is 5.75 Å². The second-order valence-electron chi connectivity index (χ2n) is 4.17. The minimum atomic E-state index is -1.12. The maximum Gasteiger partial charge on any atom is 0.337 e. The molecule has 0 aliphatic carbocycles. The molecule has 2 rings (SSSR count). The van der Waals surface area contributed by atoms with Gasteiger partial charge in [-0.05, 0) is 35.9 Å². The molecule has 20 heavy (non-hydrogen) atoms. The topological polar surface area (TPSA) is 69.6 Å². The van der Waals surface area contributed by atoms with Crippen molar-refractivity contribution in [1.82, 2.24) is 0 Å². The lowest BCUT2D eigenvalue weighted by atomic mass is 10.1. The zero-order chi connectivity index (χ0) is 14.7. The summed E-state index contributed by atoms with van der Waals surface area (Å²) in [5.74, 6) is -1.82. The van der Waals surface area contributed by atoms with Crippen LogP contribution in [0.1, 0.15) is 15.9 Å². The third-order valence-corrected chi connectivity index (χ3v) is 2.97. The number of nitrogens with one attached hydrogen (secondary N) is 1. The molecule has 4 nitrogen and oxygen atoms in total. The van der Waals surface area contributed by atoms with Crippen LogP contribution >= 0.6 is 11.6 Å². The van der Waals surface area contributed by atoms with Crippen molar-refractivity contribution in [1.29, 1.82) is 0 Å². The van der Waals surface area contributed by atoms with E-state index in [0.717, 1.165) is 6.07 Å². The molecule has 0 unspecified atom stereocenters. The Kier molecular flexibility index (Phi) is 4.10. The third kappa shape index (κ3) is 3.39. The first-order chi connectivity index (χ1) is 9.45. The van der Waals surface area contributed by atoms with Crippen molar-refractivity contribution in [3.63, 3.8) is 0 Å². The highest BCUT2D eigenvalue weighted by molar-refractivity contribution is 6.33. The quantitative estimate of drug-likeness (QED) is 0.807. The first-order valence-corrected chi connectivity index (χ1v) is 6.08. The molecule has 0 saturated heterocycles. The number of phenolic OH excluding ortho intramolecular Hbond substituents is 1. The van der Waals surface area contributed by atoms with Crippen LogP contribution in [0.5, 0.6) is 5.75 Å². The summed E-state index contributed by atoms with van der Waals surface area (Å²) in [6, 6.07) is 8.19. The van der Waals surface area contributed by atoms with Crippen LogP contribution in [0.15, 0.2) is 36.4 Å². The standard InChI is InChI=1S/C14H11ClFNO3/c15-13-2-1-10(6-12(13)14(19)20)17-7-8-3-9(16)5-11(18)4-8/h1-6,17-18H,7H2,(H,19,20). The van der Waals surface area contributed by atoms with E-state index in [1.54, 1.807) is 6.07 Å². The molecule has 0 fully saturated rings. The van der Waals surface area contributed by atoms with E-state index in [9.17, 15) is 14.3 Å². The van der Waals surface area contributed by atoms with Crippen LogP contribution in [-0.4, -0.2) is 16.2 Å². The lowest BCUT2D eigenvalue weighted by Gasteiger charge is -2.09. The number of benzene rings is 2. The molecular weight excluding hydrogens is 285 g/mol. The van der Waals surface area contributed by atoms with Gasteiger partial charge in [-0.2, -0.15) is 0 Å². The van der Waals surface area contributed by atoms with E-state index in [4.69, 9.17) is 16.7 Å². The molecule has 0 amide bonds. The van der Waals surface area contributed by atoms with Crippen molar-refractivity contribution in [3.05, 3.63) is 58.4 Å². The molecular formula is C14H11ClFNO3. The highest BCUT2D eigenvalue weighted by Crippen LogP contribution is 2.22. The number of phenols is 1. The van der Waals surface area contributed by atoms with Gasteiger partial charge in [0.1, 0.15) is 11.6 Å². The minimum absolute atomic E-state index is 0.0150. The average molecular weight is 296 g/mol. The van der Waals surface area contributed by atoms with Crippen molar-refractivity contribution >= 4 is 23.3 Å². The van der Waals surface area contributed by atoms with Gasteiger partial charge in [0.15, 0.2) is 0 Å². The number of rotatable bonds is 4. The van der Waals surface area contributed by atoms with E-state index >= 15 is 0 Å². The fourth-order valence-electron chi connectivity index (χ4n) is 1.74. The van der Waals surface area contributed by atoms with Crippen LogP contribution < -0.4 is 5.32 Å². The third-order valence-electron chi connectivity index (χ3n) is 2.64. The summed E-state index contributed by atoms with van der Waals surface area (Å²) in [5.41, 5.74) is 1.06. The van der Waals surface area contributed by atoms with E-state index in [1.165, 1.54) is 24.3 Å². The monoisotopic (exact) mass is 295 g/mol. The summed E-state index contributed by atoms with van der Waals surface area (Å²) >= 11 is 5.76. The zero-order valence-electron chi connectivity index (χ0n) is 10.2. The summed E-state index contributed by atoms with van der Waals surface area (Å²) in [5, 5.41) is 21.3. The molecule has 3 N–H and O–H groups in total. The van der Waals surface area contributed by atoms with Crippen LogP contribution in [0.2, 0.25) is 5.02 Å². The van der Waals surface area contributed by atoms with Crippen LogP contribution in [-0.2, 0) is 6.54 Å². The van der Waals surface area contributed by atoms with Crippen LogP contribution in [0.4, 0.5) is 10.1 Å². The number of halogens is 2. The Morgan fingerprint density at radius 1 is 1.25 bits per heavy atom. The van der Waals surface area contributed by atoms with E-state index < -0.39 is 11.8 Å². The van der Waals surface area contributed by atoms with Gasteiger partial charge < -0.3 is 15.5 Å². The number of carboxylic acid groups (broad SMARTS) is 1. The van der Waals surface area contributed by atoms with Gasteiger partial charge in [-0.25, -0.2) is 9.18 Å². The molecule has 0 atom stereocenters. The Morgan fingerprint density at radius 3 is 2.65 bits per heavy atom. The van der Waals surface area contributed by atoms with Gasteiger partial charge in [0, 0.05) is 18.3 Å². The fraction of sp³-hybridized carbons (Fsp3) is 0.0714. The molecule has 0 aromatic heterocycles. The number of carbonyl (C=O) groups is 1. The van der Waals surface area contributed by atoms with E-state index in [1.807, 2.05) is 0 Å². The maximum absolute atomic E-state index is 13.1. The van der Waals surface area contributed by atoms with Crippen molar-refractivity contribution in [2.45, 2.75) is 6.54 Å². The van der Waals surface area contributed by atoms with Gasteiger partial charge in [0.2, 0.25) is 0 Å². The Bertz CT molecular complexity index is 641. The number of carboxylic acids is 1. The van der Waals surface area contributed by atoms with Crippen LogP contribution in [0, 0.1) is 5.82 Å². The second kappa shape index (κ2) is 5.79. The summed E-state index contributed by atoms with van der Waals surface area (Å²) in [6.45, 7) is 0.242. The summed E-state index contributed by atoms with van der Waals surface area (Å²) in [6.07, 6.45) is 0. The molecule has 0 spiro atoms. The SMILES string of the molecule is O=C(O)c1cc(NCc2cc(O)cc(F)c2)ccc1Cl. The lowest BCUT2D eigenvalue weighted by molar-refractivity contribution is 0.0697. The normalized spacial score (nSPS) is 10.3. The van der Waals surface area contributed by atoms with Crippen molar-refractivity contribution in [2.75, 3.05) is 5.32 Å². The number of hydrogen-bond donors (Lipinski definition) is 3. The highest BCUT2D eigenvalue weighted by Gasteiger charge is 2.09. The molecule has 0 aliphatic heterocycles. The Hall–Kier alpha value is -2.27. The summed E-state index contributed by atoms with van der Waals surface area (Å²) in [4.78, 5) is 10.9. The van der Waals surface area contributed by atoms with Crippen LogP contribution in [0.3, 0.4) is 0 Å². The molecule has 2 aromatic carbocycles. The predicted octanol–water partition coefficient (Wildman–Crippen LogP) is 3.50. The van der Waals surface area contributed by atoms with Gasteiger partial charge in [-0.3, -0.25) is 0 Å². The van der Waals surface area contributed by atoms with Crippen molar-refractivity contribution < 1.29 is 19.4 Å². The van der Waals surface area contributed by atoms with E-state index in [2.05, 4.69) is 5.32 Å². The van der Waals surface area contributed by atoms with Gasteiger partial charge in [-0.1, -0.05) is 11.6 Å². The number of aromatic hydroxyl groups is 1. The Labute approximate surface area is 119 Å². The van der Waals surface area contributed by atoms with Gasteiger partial charge in [0.05, 0.1) is 10.6 Å². The molecule has 0 bridgehead atoms. The van der Waals surface area contributed by atoms with Crippen LogP contribution in [0.25, 0.3) is 0 Å². The van der Waals surface area contributed by atoms with Gasteiger partial charge in [-0.15, -0.1) is 0 Å². The Morgan fingerprint density at radius 2 is 2.00 bits per heavy atom. The largest absolute Gasteiger partial charge is 0.508 e. The van der Waals surface area contributed by atoms with Gasteiger partial charge >= 0.3 is 5.97 Å². The number of anilines is 1. The molecule has 6 heteroatoms. The first-order valence-electron chi connectivity index (χ1n) is 5.71. The van der Waals surface area contributed by atoms with E-state index in [-0.39, 0.29) is 22.9 Å². The summed E-state index contributed by atoms with van der Waals surface area (Å²) < 4.78 is 13.1. The molecule has 0 aliphatic rings. The maximum atomic E-state index is 13.1. The predicted molar refractivity (Wildman–Crippen MR) is 73.8 cm³/mol. The molecule has 104 valence electrons. The fourth-order valence-corrected chi connectivity index (χ4v) is 1.94. The van der Waals surface area contributed by atoms with Gasteiger partial charge in [0.25, 0.3) is 0 Å². The average Bonchev–Trinajstić information content (AvgIpc) is 2.36. The smallest absolute Gasteiger partial charge is 0.337 e. The number of hydrogen-bond acceptors (Lipinski definition) is 3. The Balaban J connectivity index is 2.14. The lowest BCUT2D eigenvalue weighted by Crippen LogP contribution is -2.03. The summed E-state index contributed by atoms with van der Waals surface area (Å²) in [7, 11) is 0.